The molecule has 0 fully saturated rings. The molecular formula is C11H12F5NO. The molecule has 7 heteroatoms. The Morgan fingerprint density at radius 2 is 1.61 bits per heavy atom. The van der Waals surface area contributed by atoms with Gasteiger partial charge in [-0.2, -0.15) is 0 Å². The molecule has 0 unspecified atom stereocenters. The predicted octanol–water partition coefficient (Wildman–Crippen LogP) is 2.63. The summed E-state index contributed by atoms with van der Waals surface area (Å²) in [6.45, 7) is -0.178. The molecule has 0 heterocycles. The van der Waals surface area contributed by atoms with Crippen LogP contribution in [0.4, 0.5) is 22.0 Å². The van der Waals surface area contributed by atoms with Gasteiger partial charge in [-0.05, 0) is 30.7 Å². The van der Waals surface area contributed by atoms with Crippen LogP contribution in [0, 0.1) is 11.6 Å². The smallest absolute Gasteiger partial charge is 0.314 e. The Bertz CT molecular complexity index is 360. The van der Waals surface area contributed by atoms with Gasteiger partial charge in [0.2, 0.25) is 0 Å². The summed E-state index contributed by atoms with van der Waals surface area (Å²) in [4.78, 5) is 0. The molecular weight excluding hydrogens is 257 g/mol. The van der Waals surface area contributed by atoms with E-state index in [0.29, 0.717) is 18.5 Å². The van der Waals surface area contributed by atoms with E-state index in [1.807, 2.05) is 0 Å². The lowest BCUT2D eigenvalue weighted by Crippen LogP contribution is -2.25. The Labute approximate surface area is 101 Å². The van der Waals surface area contributed by atoms with Crippen LogP contribution in [0.25, 0.3) is 0 Å². The summed E-state index contributed by atoms with van der Waals surface area (Å²) in [5.74, 6) is -1.35. The summed E-state index contributed by atoms with van der Waals surface area (Å²) < 4.78 is 63.9. The molecule has 18 heavy (non-hydrogen) atoms. The average Bonchev–Trinajstić information content (AvgIpc) is 2.20. The fourth-order valence-electron chi connectivity index (χ4n) is 1.35. The lowest BCUT2D eigenvalue weighted by molar-refractivity contribution is -0.323. The van der Waals surface area contributed by atoms with Crippen LogP contribution in [0.2, 0.25) is 0 Å². The molecule has 0 amide bonds. The van der Waals surface area contributed by atoms with Gasteiger partial charge in [-0.25, -0.2) is 8.78 Å². The van der Waals surface area contributed by atoms with Gasteiger partial charge in [-0.3, -0.25) is 4.74 Å². The zero-order valence-electron chi connectivity index (χ0n) is 9.36. The minimum absolute atomic E-state index is 0.0112. The number of alkyl halides is 3. The summed E-state index contributed by atoms with van der Waals surface area (Å²) in [6, 6.07) is 3.11. The molecule has 0 aliphatic heterocycles. The number of nitrogens with one attached hydrogen (secondary N) is 1. The van der Waals surface area contributed by atoms with Crippen LogP contribution in [0.3, 0.4) is 0 Å². The number of hydrogen-bond donors (Lipinski definition) is 1. The first-order valence-electron chi connectivity index (χ1n) is 5.23. The topological polar surface area (TPSA) is 21.3 Å². The summed E-state index contributed by atoms with van der Waals surface area (Å²) in [5.41, 5.74) is 0.441. The highest BCUT2D eigenvalue weighted by molar-refractivity contribution is 5.18. The van der Waals surface area contributed by atoms with Crippen LogP contribution in [0.1, 0.15) is 5.56 Å². The highest BCUT2D eigenvalue weighted by atomic mass is 19.4. The summed E-state index contributed by atoms with van der Waals surface area (Å²) in [6.07, 6.45) is -4.31. The second-order valence-corrected chi connectivity index (χ2v) is 3.57. The minimum Gasteiger partial charge on any atom is -0.314 e. The van der Waals surface area contributed by atoms with Crippen molar-refractivity contribution in [2.45, 2.75) is 12.8 Å². The number of halogens is 5. The number of ether oxygens (including phenoxy) is 1. The van der Waals surface area contributed by atoms with E-state index in [0.717, 1.165) is 6.07 Å². The van der Waals surface area contributed by atoms with Gasteiger partial charge in [0.25, 0.3) is 0 Å². The maximum absolute atomic E-state index is 12.8. The normalized spacial score (nSPS) is 11.8. The Balaban J connectivity index is 2.18. The van der Waals surface area contributed by atoms with Crippen molar-refractivity contribution in [3.8, 4) is 0 Å². The van der Waals surface area contributed by atoms with E-state index in [1.54, 1.807) is 0 Å². The first-order chi connectivity index (χ1) is 8.37. The second-order valence-electron chi connectivity index (χ2n) is 3.57. The molecule has 1 rings (SSSR count). The van der Waals surface area contributed by atoms with Gasteiger partial charge in [0.15, 0.2) is 0 Å². The van der Waals surface area contributed by atoms with Crippen molar-refractivity contribution in [1.82, 2.24) is 5.32 Å². The summed E-state index contributed by atoms with van der Waals surface area (Å²) in [5, 5.41) is 2.68. The largest absolute Gasteiger partial charge is 0.522 e. The quantitative estimate of drug-likeness (QED) is 0.633. The van der Waals surface area contributed by atoms with Gasteiger partial charge in [0.1, 0.15) is 11.6 Å². The lowest BCUT2D eigenvalue weighted by atomic mass is 10.1. The third kappa shape index (κ3) is 6.51. The van der Waals surface area contributed by atoms with Crippen molar-refractivity contribution in [2.75, 3.05) is 19.7 Å². The summed E-state index contributed by atoms with van der Waals surface area (Å²) >= 11 is 0. The molecule has 2 nitrogen and oxygen atoms in total. The van der Waals surface area contributed by atoms with Gasteiger partial charge < -0.3 is 5.32 Å². The highest BCUT2D eigenvalue weighted by Crippen LogP contribution is 2.15. The molecule has 0 saturated heterocycles. The number of benzene rings is 1. The zero-order chi connectivity index (χ0) is 13.6. The van der Waals surface area contributed by atoms with Crippen LogP contribution in [-0.2, 0) is 11.2 Å². The van der Waals surface area contributed by atoms with Crippen LogP contribution in [0.15, 0.2) is 18.2 Å². The average molecular weight is 269 g/mol. The Morgan fingerprint density at radius 1 is 1.00 bits per heavy atom. The van der Waals surface area contributed by atoms with Crippen LogP contribution >= 0.6 is 0 Å². The first-order valence-corrected chi connectivity index (χ1v) is 5.23. The van der Waals surface area contributed by atoms with Gasteiger partial charge >= 0.3 is 6.36 Å². The van der Waals surface area contributed by atoms with Gasteiger partial charge in [0.05, 0.1) is 6.61 Å². The molecule has 0 bridgehead atoms. The Kier molecular flexibility index (Phi) is 5.49. The lowest BCUT2D eigenvalue weighted by Gasteiger charge is -2.08. The van der Waals surface area contributed by atoms with Crippen molar-refractivity contribution in [3.63, 3.8) is 0 Å². The van der Waals surface area contributed by atoms with Crippen molar-refractivity contribution in [2.24, 2.45) is 0 Å². The molecule has 1 aromatic carbocycles. The molecule has 0 aromatic heterocycles. The third-order valence-electron chi connectivity index (χ3n) is 2.06. The van der Waals surface area contributed by atoms with Crippen molar-refractivity contribution < 1.29 is 26.7 Å². The fourth-order valence-corrected chi connectivity index (χ4v) is 1.35. The molecule has 0 radical (unpaired) electrons. The highest BCUT2D eigenvalue weighted by Gasteiger charge is 2.28. The van der Waals surface area contributed by atoms with Crippen LogP contribution < -0.4 is 5.32 Å². The molecule has 102 valence electrons. The minimum atomic E-state index is -4.63. The van der Waals surface area contributed by atoms with E-state index in [-0.39, 0.29) is 6.54 Å². The van der Waals surface area contributed by atoms with Crippen LogP contribution in [-0.4, -0.2) is 26.1 Å². The SMILES string of the molecule is Fc1cc(F)cc(CCNCCOC(F)(F)F)c1. The third-order valence-corrected chi connectivity index (χ3v) is 2.06. The molecule has 0 atom stereocenters. The van der Waals surface area contributed by atoms with Gasteiger partial charge in [-0.15, -0.1) is 13.2 Å². The van der Waals surface area contributed by atoms with E-state index in [2.05, 4.69) is 10.1 Å². The molecule has 0 aliphatic carbocycles. The predicted molar refractivity (Wildman–Crippen MR) is 54.9 cm³/mol. The number of rotatable bonds is 6. The van der Waals surface area contributed by atoms with Crippen LogP contribution in [0.5, 0.6) is 0 Å². The van der Waals surface area contributed by atoms with Gasteiger partial charge in [0, 0.05) is 12.6 Å². The molecule has 1 aromatic rings. The molecule has 1 N–H and O–H groups in total. The molecule has 0 spiro atoms. The molecule has 0 aliphatic rings. The summed E-state index contributed by atoms with van der Waals surface area (Å²) in [7, 11) is 0. The van der Waals surface area contributed by atoms with E-state index < -0.39 is 24.6 Å². The molecule has 0 saturated carbocycles. The Hall–Kier alpha value is -1.21. The van der Waals surface area contributed by atoms with Crippen molar-refractivity contribution >= 4 is 0 Å². The van der Waals surface area contributed by atoms with E-state index in [4.69, 9.17) is 0 Å². The van der Waals surface area contributed by atoms with E-state index >= 15 is 0 Å². The van der Waals surface area contributed by atoms with Crippen molar-refractivity contribution in [3.05, 3.63) is 35.4 Å². The number of hydrogen-bond acceptors (Lipinski definition) is 2. The Morgan fingerprint density at radius 3 is 2.17 bits per heavy atom. The van der Waals surface area contributed by atoms with Gasteiger partial charge in [-0.1, -0.05) is 0 Å². The maximum Gasteiger partial charge on any atom is 0.522 e. The maximum atomic E-state index is 12.8. The first kappa shape index (κ1) is 14.8. The van der Waals surface area contributed by atoms with E-state index in [9.17, 15) is 22.0 Å². The fraction of sp³-hybridized carbons (Fsp3) is 0.455. The second kappa shape index (κ2) is 6.65. The van der Waals surface area contributed by atoms with E-state index in [1.165, 1.54) is 12.1 Å². The zero-order valence-corrected chi connectivity index (χ0v) is 9.36. The standard InChI is InChI=1S/C11H12F5NO/c12-9-5-8(6-10(13)7-9)1-2-17-3-4-18-11(14,15)16/h5-7,17H,1-4H2. The van der Waals surface area contributed by atoms with Crippen molar-refractivity contribution in [1.29, 1.82) is 0 Å². The monoisotopic (exact) mass is 269 g/mol.